The number of aromatic nitrogens is 2. The Balaban J connectivity index is 2.37. The van der Waals surface area contributed by atoms with Crippen molar-refractivity contribution in [3.63, 3.8) is 0 Å². The monoisotopic (exact) mass is 267 g/mol. The van der Waals surface area contributed by atoms with Crippen LogP contribution in [-0.2, 0) is 10.0 Å². The van der Waals surface area contributed by atoms with Crippen LogP contribution >= 0.6 is 0 Å². The van der Waals surface area contributed by atoms with Crippen molar-refractivity contribution in [2.75, 3.05) is 11.8 Å². The molecule has 1 aromatic carbocycles. The van der Waals surface area contributed by atoms with Gasteiger partial charge in [0.1, 0.15) is 10.6 Å². The first kappa shape index (κ1) is 12.4. The van der Waals surface area contributed by atoms with Crippen molar-refractivity contribution < 1.29 is 13.2 Å². The van der Waals surface area contributed by atoms with Crippen LogP contribution in [0.25, 0.3) is 0 Å². The van der Waals surface area contributed by atoms with Gasteiger partial charge in [-0.1, -0.05) is 12.1 Å². The van der Waals surface area contributed by atoms with Crippen molar-refractivity contribution in [3.8, 4) is 5.75 Å². The summed E-state index contributed by atoms with van der Waals surface area (Å²) in [5.41, 5.74) is 0.873. The minimum atomic E-state index is -3.66. The molecule has 0 radical (unpaired) electrons. The van der Waals surface area contributed by atoms with E-state index in [1.807, 2.05) is 0 Å². The van der Waals surface area contributed by atoms with Crippen molar-refractivity contribution in [2.45, 2.75) is 11.8 Å². The van der Waals surface area contributed by atoms with Gasteiger partial charge >= 0.3 is 0 Å². The number of anilines is 1. The highest BCUT2D eigenvalue weighted by Gasteiger charge is 2.19. The van der Waals surface area contributed by atoms with Crippen LogP contribution in [0.2, 0.25) is 0 Å². The molecule has 0 aliphatic carbocycles. The van der Waals surface area contributed by atoms with Gasteiger partial charge in [-0.3, -0.25) is 9.82 Å². The molecule has 0 fully saturated rings. The Morgan fingerprint density at radius 2 is 2.06 bits per heavy atom. The van der Waals surface area contributed by atoms with Crippen LogP contribution in [-0.4, -0.2) is 25.7 Å². The van der Waals surface area contributed by atoms with Gasteiger partial charge in [0, 0.05) is 0 Å². The van der Waals surface area contributed by atoms with Crippen LogP contribution < -0.4 is 9.46 Å². The van der Waals surface area contributed by atoms with E-state index in [0.717, 1.165) is 0 Å². The topological polar surface area (TPSA) is 84.1 Å². The van der Waals surface area contributed by atoms with Crippen LogP contribution in [0.4, 0.5) is 5.69 Å². The highest BCUT2D eigenvalue weighted by atomic mass is 32.2. The van der Waals surface area contributed by atoms with E-state index in [1.165, 1.54) is 13.3 Å². The smallest absolute Gasteiger partial charge is 0.265 e. The average Bonchev–Trinajstić information content (AvgIpc) is 2.76. The molecule has 1 aromatic heterocycles. The third-order valence-corrected chi connectivity index (χ3v) is 3.90. The lowest BCUT2D eigenvalue weighted by Crippen LogP contribution is -2.14. The second kappa shape index (κ2) is 4.69. The fourth-order valence-electron chi connectivity index (χ4n) is 1.54. The zero-order valence-electron chi connectivity index (χ0n) is 9.97. The Kier molecular flexibility index (Phi) is 3.24. The molecule has 1 heterocycles. The highest BCUT2D eigenvalue weighted by Crippen LogP contribution is 2.26. The molecular weight excluding hydrogens is 254 g/mol. The van der Waals surface area contributed by atoms with E-state index in [9.17, 15) is 8.42 Å². The third kappa shape index (κ3) is 2.30. The fourth-order valence-corrected chi connectivity index (χ4v) is 2.75. The summed E-state index contributed by atoms with van der Waals surface area (Å²) in [4.78, 5) is 0.119. The van der Waals surface area contributed by atoms with E-state index >= 15 is 0 Å². The van der Waals surface area contributed by atoms with Crippen molar-refractivity contribution in [1.29, 1.82) is 0 Å². The third-order valence-electron chi connectivity index (χ3n) is 2.42. The molecule has 2 N–H and O–H groups in total. The molecule has 0 saturated carbocycles. The lowest BCUT2D eigenvalue weighted by atomic mass is 10.3. The number of hydrogen-bond acceptors (Lipinski definition) is 4. The Hall–Kier alpha value is -2.02. The number of rotatable bonds is 4. The zero-order valence-corrected chi connectivity index (χ0v) is 10.8. The maximum Gasteiger partial charge on any atom is 0.265 e. The summed E-state index contributed by atoms with van der Waals surface area (Å²) in [5.74, 6) is 0.460. The molecule has 0 aliphatic rings. The number of sulfonamides is 1. The number of para-hydroxylation sites is 2. The van der Waals surface area contributed by atoms with Gasteiger partial charge < -0.3 is 4.74 Å². The maximum absolute atomic E-state index is 12.1. The number of aromatic amines is 1. The van der Waals surface area contributed by atoms with Crippen LogP contribution in [0.3, 0.4) is 0 Å². The lowest BCUT2D eigenvalue weighted by molar-refractivity contribution is 0.417. The highest BCUT2D eigenvalue weighted by molar-refractivity contribution is 7.92. The SMILES string of the molecule is COc1ccccc1NS(=O)(=O)c1cn[nH]c1C. The van der Waals surface area contributed by atoms with Crippen molar-refractivity contribution >= 4 is 15.7 Å². The summed E-state index contributed by atoms with van der Waals surface area (Å²) in [5, 5.41) is 6.29. The van der Waals surface area contributed by atoms with Gasteiger partial charge in [0.05, 0.1) is 24.7 Å². The Bertz CT molecular complexity index is 649. The average molecular weight is 267 g/mol. The number of hydrogen-bond donors (Lipinski definition) is 2. The standard InChI is InChI=1S/C11H13N3O3S/c1-8-11(7-12-13-8)18(15,16)14-9-5-3-4-6-10(9)17-2/h3-7,14H,1-2H3,(H,12,13). The predicted molar refractivity (Wildman–Crippen MR) is 67.1 cm³/mol. The second-order valence-electron chi connectivity index (χ2n) is 3.67. The van der Waals surface area contributed by atoms with Gasteiger partial charge in [-0.05, 0) is 19.1 Å². The molecule has 0 amide bonds. The van der Waals surface area contributed by atoms with Gasteiger partial charge in [0.25, 0.3) is 10.0 Å². The van der Waals surface area contributed by atoms with Gasteiger partial charge in [0.15, 0.2) is 0 Å². The van der Waals surface area contributed by atoms with E-state index < -0.39 is 10.0 Å². The first-order valence-electron chi connectivity index (χ1n) is 5.20. The first-order valence-corrected chi connectivity index (χ1v) is 6.68. The molecule has 96 valence electrons. The number of H-pyrrole nitrogens is 1. The van der Waals surface area contributed by atoms with Crippen LogP contribution in [0.15, 0.2) is 35.4 Å². The van der Waals surface area contributed by atoms with Crippen molar-refractivity contribution in [3.05, 3.63) is 36.2 Å². The van der Waals surface area contributed by atoms with Crippen LogP contribution in [0, 0.1) is 6.92 Å². The molecule has 18 heavy (non-hydrogen) atoms. The minimum Gasteiger partial charge on any atom is -0.495 e. The minimum absolute atomic E-state index is 0.119. The van der Waals surface area contributed by atoms with E-state index in [1.54, 1.807) is 31.2 Å². The molecule has 6 nitrogen and oxygen atoms in total. The van der Waals surface area contributed by atoms with Crippen LogP contribution in [0.5, 0.6) is 5.75 Å². The van der Waals surface area contributed by atoms with E-state index in [0.29, 0.717) is 17.1 Å². The summed E-state index contributed by atoms with van der Waals surface area (Å²) in [6, 6.07) is 6.80. The molecule has 2 rings (SSSR count). The summed E-state index contributed by atoms with van der Waals surface area (Å²) in [6.45, 7) is 1.64. The van der Waals surface area contributed by atoms with Crippen molar-refractivity contribution in [2.24, 2.45) is 0 Å². The summed E-state index contributed by atoms with van der Waals surface area (Å²) in [7, 11) is -2.17. The summed E-state index contributed by atoms with van der Waals surface area (Å²) in [6.07, 6.45) is 1.27. The quantitative estimate of drug-likeness (QED) is 0.879. The fraction of sp³-hybridized carbons (Fsp3) is 0.182. The van der Waals surface area contributed by atoms with E-state index in [2.05, 4.69) is 14.9 Å². The van der Waals surface area contributed by atoms with Gasteiger partial charge in [-0.25, -0.2) is 8.42 Å². The molecule has 0 atom stereocenters. The molecule has 0 unspecified atom stereocenters. The van der Waals surface area contributed by atoms with Crippen LogP contribution in [0.1, 0.15) is 5.69 Å². The lowest BCUT2D eigenvalue weighted by Gasteiger charge is -2.10. The van der Waals surface area contributed by atoms with E-state index in [-0.39, 0.29) is 4.90 Å². The Morgan fingerprint density at radius 3 is 2.67 bits per heavy atom. The molecule has 0 bridgehead atoms. The summed E-state index contributed by atoms with van der Waals surface area (Å²) >= 11 is 0. The zero-order chi connectivity index (χ0) is 13.2. The molecule has 0 spiro atoms. The number of methoxy groups -OCH3 is 1. The van der Waals surface area contributed by atoms with Gasteiger partial charge in [-0.15, -0.1) is 0 Å². The van der Waals surface area contributed by atoms with E-state index in [4.69, 9.17) is 4.74 Å². The number of nitrogens with zero attached hydrogens (tertiary/aromatic N) is 1. The molecular formula is C11H13N3O3S. The number of aryl methyl sites for hydroxylation is 1. The first-order chi connectivity index (χ1) is 8.54. The van der Waals surface area contributed by atoms with Gasteiger partial charge in [-0.2, -0.15) is 5.10 Å². The largest absolute Gasteiger partial charge is 0.495 e. The second-order valence-corrected chi connectivity index (χ2v) is 5.32. The molecule has 2 aromatic rings. The van der Waals surface area contributed by atoms with Gasteiger partial charge in [0.2, 0.25) is 0 Å². The molecule has 7 heteroatoms. The number of nitrogens with one attached hydrogen (secondary N) is 2. The molecule has 0 saturated heterocycles. The maximum atomic E-state index is 12.1. The van der Waals surface area contributed by atoms with Crippen molar-refractivity contribution in [1.82, 2.24) is 10.2 Å². The Labute approximate surface area is 105 Å². The normalized spacial score (nSPS) is 11.2. The molecule has 0 aliphatic heterocycles. The predicted octanol–water partition coefficient (Wildman–Crippen LogP) is 1.53. The number of benzene rings is 1. The summed E-state index contributed by atoms with van der Waals surface area (Å²) < 4.78 is 31.8. The number of ether oxygens (including phenoxy) is 1. The Morgan fingerprint density at radius 1 is 1.33 bits per heavy atom.